The lowest BCUT2D eigenvalue weighted by atomic mass is 10.00. The molecule has 2 aromatic heterocycles. The normalized spacial score (nSPS) is 20.0. The summed E-state index contributed by atoms with van der Waals surface area (Å²) in [5, 5.41) is 10.8. The number of hydrogen-bond acceptors (Lipinski definition) is 6. The molecule has 2 aliphatic heterocycles. The lowest BCUT2D eigenvalue weighted by molar-refractivity contribution is 0.0951. The van der Waals surface area contributed by atoms with E-state index >= 15 is 0 Å². The summed E-state index contributed by atoms with van der Waals surface area (Å²) in [4.78, 5) is 18.5. The molecule has 0 spiro atoms. The standard InChI is InChI=1S/C23H29N5O2S/c1-16-8-10-27(11-9-16)22-25-26-23(28(22)14-17-5-4-12-30-17)31-15-21(29)19-13-24-20-7-3-2-6-18(19)20/h2-3,6-7,13,16-17,24H,4-5,8-12,14-15H2,1H3. The van der Waals surface area contributed by atoms with Gasteiger partial charge in [0.15, 0.2) is 10.9 Å². The number of aromatic nitrogens is 4. The van der Waals surface area contributed by atoms with Crippen LogP contribution in [0.4, 0.5) is 5.95 Å². The minimum atomic E-state index is 0.0995. The van der Waals surface area contributed by atoms with Gasteiger partial charge < -0.3 is 14.6 Å². The number of piperidine rings is 1. The van der Waals surface area contributed by atoms with Gasteiger partial charge in [-0.3, -0.25) is 9.36 Å². The molecule has 2 fully saturated rings. The highest BCUT2D eigenvalue weighted by molar-refractivity contribution is 7.99. The van der Waals surface area contributed by atoms with Crippen molar-refractivity contribution in [3.63, 3.8) is 0 Å². The van der Waals surface area contributed by atoms with Crippen LogP contribution in [0.15, 0.2) is 35.6 Å². The van der Waals surface area contributed by atoms with Crippen molar-refractivity contribution in [2.45, 2.75) is 50.4 Å². The first-order valence-corrected chi connectivity index (χ1v) is 12.2. The van der Waals surface area contributed by atoms with Crippen LogP contribution in [0.2, 0.25) is 0 Å². The number of fused-ring (bicyclic) bond motifs is 1. The lowest BCUT2D eigenvalue weighted by Crippen LogP contribution is -2.35. The fourth-order valence-corrected chi connectivity index (χ4v) is 5.32. The number of hydrogen-bond donors (Lipinski definition) is 1. The number of ether oxygens (including phenoxy) is 1. The number of aromatic amines is 1. The number of carbonyl (C=O) groups excluding carboxylic acids is 1. The molecule has 2 aliphatic rings. The molecule has 31 heavy (non-hydrogen) atoms. The molecule has 8 heteroatoms. The fourth-order valence-electron chi connectivity index (χ4n) is 4.49. The van der Waals surface area contributed by atoms with Gasteiger partial charge in [-0.15, -0.1) is 10.2 Å². The van der Waals surface area contributed by atoms with Crippen molar-refractivity contribution in [1.82, 2.24) is 19.7 Å². The Hall–Kier alpha value is -2.32. The average Bonchev–Trinajstić information content (AvgIpc) is 3.53. The summed E-state index contributed by atoms with van der Waals surface area (Å²) in [6.07, 6.45) is 6.52. The molecule has 0 aliphatic carbocycles. The van der Waals surface area contributed by atoms with Crippen molar-refractivity contribution in [2.24, 2.45) is 5.92 Å². The number of rotatable bonds is 7. The van der Waals surface area contributed by atoms with E-state index < -0.39 is 0 Å². The number of Topliss-reactive ketones (excluding diaryl/α,β-unsaturated/α-hetero) is 1. The predicted octanol–water partition coefficient (Wildman–Crippen LogP) is 4.15. The van der Waals surface area contributed by atoms with Crippen LogP contribution < -0.4 is 4.90 Å². The Morgan fingerprint density at radius 2 is 2.06 bits per heavy atom. The van der Waals surface area contributed by atoms with Gasteiger partial charge in [-0.1, -0.05) is 36.9 Å². The van der Waals surface area contributed by atoms with Crippen LogP contribution in [0.25, 0.3) is 10.9 Å². The van der Waals surface area contributed by atoms with Gasteiger partial charge in [0.2, 0.25) is 5.95 Å². The number of nitrogens with zero attached hydrogens (tertiary/aromatic N) is 4. The molecule has 0 amide bonds. The van der Waals surface area contributed by atoms with Crippen LogP contribution in [0, 0.1) is 5.92 Å². The van der Waals surface area contributed by atoms with Gasteiger partial charge >= 0.3 is 0 Å². The quantitative estimate of drug-likeness (QED) is 0.440. The summed E-state index contributed by atoms with van der Waals surface area (Å²) in [5.74, 6) is 2.11. The first-order valence-electron chi connectivity index (χ1n) is 11.2. The monoisotopic (exact) mass is 439 g/mol. The third-order valence-corrected chi connectivity index (χ3v) is 7.36. The second kappa shape index (κ2) is 9.04. The minimum Gasteiger partial charge on any atom is -0.376 e. The van der Waals surface area contributed by atoms with Gasteiger partial charge in [0.1, 0.15) is 0 Å². The largest absolute Gasteiger partial charge is 0.376 e. The van der Waals surface area contributed by atoms with E-state index in [4.69, 9.17) is 4.74 Å². The Bertz CT molecular complexity index is 1050. The molecule has 7 nitrogen and oxygen atoms in total. The molecule has 5 rings (SSSR count). The maximum Gasteiger partial charge on any atom is 0.228 e. The van der Waals surface area contributed by atoms with Crippen molar-refractivity contribution in [2.75, 3.05) is 30.3 Å². The summed E-state index contributed by atoms with van der Waals surface area (Å²) in [6.45, 7) is 5.89. The van der Waals surface area contributed by atoms with Crippen LogP contribution in [-0.4, -0.2) is 57.1 Å². The van der Waals surface area contributed by atoms with Crippen LogP contribution in [0.1, 0.15) is 43.0 Å². The van der Waals surface area contributed by atoms with Gasteiger partial charge in [-0.2, -0.15) is 0 Å². The van der Waals surface area contributed by atoms with Crippen LogP contribution in [0.5, 0.6) is 0 Å². The summed E-state index contributed by atoms with van der Waals surface area (Å²) in [7, 11) is 0. The number of nitrogens with one attached hydrogen (secondary N) is 1. The molecular weight excluding hydrogens is 410 g/mol. The number of benzene rings is 1. The zero-order valence-electron chi connectivity index (χ0n) is 17.9. The van der Waals surface area contributed by atoms with Gasteiger partial charge in [-0.05, 0) is 37.7 Å². The Labute approximate surface area is 186 Å². The highest BCUT2D eigenvalue weighted by atomic mass is 32.2. The molecule has 0 bridgehead atoms. The molecule has 3 aromatic rings. The van der Waals surface area contributed by atoms with E-state index in [0.29, 0.717) is 5.75 Å². The Morgan fingerprint density at radius 1 is 1.23 bits per heavy atom. The SMILES string of the molecule is CC1CCN(c2nnc(SCC(=O)c3c[nH]c4ccccc34)n2CC2CCCO2)CC1. The Kier molecular flexibility index (Phi) is 6.00. The summed E-state index contributed by atoms with van der Waals surface area (Å²) < 4.78 is 8.08. The van der Waals surface area contributed by atoms with E-state index in [-0.39, 0.29) is 11.9 Å². The Morgan fingerprint density at radius 3 is 2.87 bits per heavy atom. The third kappa shape index (κ3) is 4.36. The summed E-state index contributed by atoms with van der Waals surface area (Å²) >= 11 is 1.47. The number of para-hydroxylation sites is 1. The second-order valence-electron chi connectivity index (χ2n) is 8.66. The molecule has 164 valence electrons. The number of H-pyrrole nitrogens is 1. The van der Waals surface area contributed by atoms with E-state index in [2.05, 4.69) is 31.6 Å². The number of carbonyl (C=O) groups is 1. The zero-order chi connectivity index (χ0) is 21.2. The molecule has 1 aromatic carbocycles. The lowest BCUT2D eigenvalue weighted by Gasteiger charge is -2.31. The molecule has 0 radical (unpaired) electrons. The zero-order valence-corrected chi connectivity index (χ0v) is 18.7. The Balaban J connectivity index is 1.34. The molecule has 0 saturated carbocycles. The molecule has 1 unspecified atom stereocenters. The first kappa shape index (κ1) is 20.6. The number of thioether (sulfide) groups is 1. The van der Waals surface area contributed by atoms with Crippen molar-refractivity contribution in [1.29, 1.82) is 0 Å². The smallest absolute Gasteiger partial charge is 0.228 e. The van der Waals surface area contributed by atoms with E-state index in [1.807, 2.05) is 30.5 Å². The second-order valence-corrected chi connectivity index (χ2v) is 9.60. The maximum absolute atomic E-state index is 13.0. The minimum absolute atomic E-state index is 0.0995. The van der Waals surface area contributed by atoms with E-state index in [9.17, 15) is 4.79 Å². The van der Waals surface area contributed by atoms with E-state index in [1.54, 1.807) is 0 Å². The van der Waals surface area contributed by atoms with Crippen LogP contribution in [-0.2, 0) is 11.3 Å². The average molecular weight is 440 g/mol. The van der Waals surface area contributed by atoms with Gasteiger partial charge in [0, 0.05) is 42.4 Å². The number of anilines is 1. The summed E-state index contributed by atoms with van der Waals surface area (Å²) in [5.41, 5.74) is 1.72. The van der Waals surface area contributed by atoms with Crippen LogP contribution >= 0.6 is 11.8 Å². The first-order chi connectivity index (χ1) is 15.2. The molecule has 2 saturated heterocycles. The van der Waals surface area contributed by atoms with E-state index in [1.165, 1.54) is 24.6 Å². The topological polar surface area (TPSA) is 76.0 Å². The van der Waals surface area contributed by atoms with Crippen molar-refractivity contribution >= 4 is 34.4 Å². The van der Waals surface area contributed by atoms with Gasteiger partial charge in [0.25, 0.3) is 0 Å². The molecular formula is C23H29N5O2S. The maximum atomic E-state index is 13.0. The van der Waals surface area contributed by atoms with Crippen molar-refractivity contribution < 1.29 is 9.53 Å². The highest BCUT2D eigenvalue weighted by Crippen LogP contribution is 2.29. The van der Waals surface area contributed by atoms with E-state index in [0.717, 1.165) is 72.6 Å². The number of ketones is 1. The molecule has 1 N–H and O–H groups in total. The molecule has 4 heterocycles. The predicted molar refractivity (Wildman–Crippen MR) is 123 cm³/mol. The highest BCUT2D eigenvalue weighted by Gasteiger charge is 2.26. The van der Waals surface area contributed by atoms with Gasteiger partial charge in [-0.25, -0.2) is 0 Å². The third-order valence-electron chi connectivity index (χ3n) is 6.40. The molecule has 1 atom stereocenters. The van der Waals surface area contributed by atoms with Gasteiger partial charge in [0.05, 0.1) is 18.4 Å². The fraction of sp³-hybridized carbons (Fsp3) is 0.522. The van der Waals surface area contributed by atoms with Crippen molar-refractivity contribution in [3.8, 4) is 0 Å². The van der Waals surface area contributed by atoms with Crippen molar-refractivity contribution in [3.05, 3.63) is 36.0 Å². The summed E-state index contributed by atoms with van der Waals surface area (Å²) in [6, 6.07) is 7.91. The van der Waals surface area contributed by atoms with Crippen LogP contribution in [0.3, 0.4) is 0 Å².